The van der Waals surface area contributed by atoms with Crippen LogP contribution in [0.25, 0.3) is 0 Å². The SMILES string of the molecule is CCC(=NCCF)C(=O)O. The standard InChI is InChI=1S/C6H10FNO2/c1-2-5(6(9)10)8-4-3-7/h2-4H2,1H3,(H,9,10). The summed E-state index contributed by atoms with van der Waals surface area (Å²) in [5, 5.41) is 8.35. The topological polar surface area (TPSA) is 49.7 Å². The fourth-order valence-electron chi connectivity index (χ4n) is 0.508. The van der Waals surface area contributed by atoms with Crippen LogP contribution in [0.5, 0.6) is 0 Å². The van der Waals surface area contributed by atoms with Crippen LogP contribution in [0.2, 0.25) is 0 Å². The summed E-state index contributed by atoms with van der Waals surface area (Å²) in [5.41, 5.74) is 0.0395. The van der Waals surface area contributed by atoms with Crippen LogP contribution in [0.15, 0.2) is 4.99 Å². The Kier molecular flexibility index (Phi) is 4.45. The molecule has 0 aromatic heterocycles. The van der Waals surface area contributed by atoms with Crippen molar-refractivity contribution in [1.29, 1.82) is 0 Å². The molecule has 10 heavy (non-hydrogen) atoms. The van der Waals surface area contributed by atoms with Gasteiger partial charge in [-0.05, 0) is 6.42 Å². The minimum Gasteiger partial charge on any atom is -0.477 e. The van der Waals surface area contributed by atoms with Crippen LogP contribution in [0, 0.1) is 0 Å². The fourth-order valence-corrected chi connectivity index (χ4v) is 0.508. The molecule has 0 aliphatic heterocycles. The predicted octanol–water partition coefficient (Wildman–Crippen LogP) is 0.891. The normalized spacial score (nSPS) is 11.6. The molecule has 58 valence electrons. The number of halogens is 1. The second-order valence-electron chi connectivity index (χ2n) is 1.68. The Hall–Kier alpha value is -0.930. The van der Waals surface area contributed by atoms with E-state index < -0.39 is 12.6 Å². The third-order valence-electron chi connectivity index (χ3n) is 0.969. The van der Waals surface area contributed by atoms with Crippen molar-refractivity contribution in [2.75, 3.05) is 13.2 Å². The molecule has 0 radical (unpaired) electrons. The van der Waals surface area contributed by atoms with Crippen LogP contribution in [0.1, 0.15) is 13.3 Å². The summed E-state index contributed by atoms with van der Waals surface area (Å²) < 4.78 is 11.5. The van der Waals surface area contributed by atoms with Gasteiger partial charge < -0.3 is 5.11 Å². The number of hydrogen-bond donors (Lipinski definition) is 1. The lowest BCUT2D eigenvalue weighted by molar-refractivity contribution is -0.129. The molecule has 0 atom stereocenters. The number of carboxylic acid groups (broad SMARTS) is 1. The summed E-state index contributed by atoms with van der Waals surface area (Å²) in [6.45, 7) is 1.03. The lowest BCUT2D eigenvalue weighted by Gasteiger charge is -1.93. The van der Waals surface area contributed by atoms with Gasteiger partial charge in [-0.25, -0.2) is 9.18 Å². The molecule has 4 heteroatoms. The third-order valence-corrected chi connectivity index (χ3v) is 0.969. The van der Waals surface area contributed by atoms with Gasteiger partial charge in [-0.15, -0.1) is 0 Å². The average Bonchev–Trinajstić information content (AvgIpc) is 1.89. The van der Waals surface area contributed by atoms with E-state index in [0.29, 0.717) is 6.42 Å². The van der Waals surface area contributed by atoms with Gasteiger partial charge in [0.05, 0.1) is 6.54 Å². The van der Waals surface area contributed by atoms with Gasteiger partial charge in [0.15, 0.2) is 0 Å². The largest absolute Gasteiger partial charge is 0.477 e. The molecule has 0 spiro atoms. The van der Waals surface area contributed by atoms with Gasteiger partial charge in [0.25, 0.3) is 0 Å². The lowest BCUT2D eigenvalue weighted by atomic mass is 10.3. The highest BCUT2D eigenvalue weighted by Gasteiger charge is 2.03. The Balaban J connectivity index is 3.91. The first kappa shape index (κ1) is 9.07. The highest BCUT2D eigenvalue weighted by molar-refractivity contribution is 6.35. The van der Waals surface area contributed by atoms with Crippen molar-refractivity contribution < 1.29 is 14.3 Å². The number of hydrogen-bond acceptors (Lipinski definition) is 2. The highest BCUT2D eigenvalue weighted by Crippen LogP contribution is 1.86. The number of aliphatic imine (C=N–C) groups is 1. The van der Waals surface area contributed by atoms with Gasteiger partial charge >= 0.3 is 5.97 Å². The molecule has 3 nitrogen and oxygen atoms in total. The minimum atomic E-state index is -1.06. The number of rotatable bonds is 4. The van der Waals surface area contributed by atoms with E-state index in [0.717, 1.165) is 0 Å². The second-order valence-corrected chi connectivity index (χ2v) is 1.68. The molecule has 0 heterocycles. The van der Waals surface area contributed by atoms with E-state index in [-0.39, 0.29) is 12.3 Å². The molecular formula is C6H10FNO2. The Labute approximate surface area is 58.6 Å². The number of nitrogens with zero attached hydrogens (tertiary/aromatic N) is 1. The number of aliphatic carboxylic acids is 1. The van der Waals surface area contributed by atoms with E-state index in [1.54, 1.807) is 6.92 Å². The first-order valence-electron chi connectivity index (χ1n) is 3.05. The summed E-state index contributed by atoms with van der Waals surface area (Å²) in [6.07, 6.45) is 0.343. The first-order chi connectivity index (χ1) is 4.72. The van der Waals surface area contributed by atoms with E-state index in [4.69, 9.17) is 5.11 Å². The summed E-state index contributed by atoms with van der Waals surface area (Å²) in [5.74, 6) is -1.06. The van der Waals surface area contributed by atoms with Crippen LogP contribution >= 0.6 is 0 Å². The van der Waals surface area contributed by atoms with Crippen molar-refractivity contribution in [2.24, 2.45) is 4.99 Å². The third kappa shape index (κ3) is 3.17. The average molecular weight is 147 g/mol. The molecule has 0 aromatic carbocycles. The van der Waals surface area contributed by atoms with E-state index in [1.807, 2.05) is 0 Å². The summed E-state index contributed by atoms with van der Waals surface area (Å²) in [7, 11) is 0. The molecule has 0 rings (SSSR count). The first-order valence-corrected chi connectivity index (χ1v) is 3.05. The molecule has 0 fully saturated rings. The summed E-state index contributed by atoms with van der Waals surface area (Å²) >= 11 is 0. The smallest absolute Gasteiger partial charge is 0.349 e. The highest BCUT2D eigenvalue weighted by atomic mass is 19.1. The van der Waals surface area contributed by atoms with Crippen LogP contribution in [-0.2, 0) is 4.79 Å². The Morgan fingerprint density at radius 3 is 2.60 bits per heavy atom. The number of carboxylic acids is 1. The molecule has 0 aliphatic carbocycles. The summed E-state index contributed by atoms with van der Waals surface area (Å²) in [4.78, 5) is 13.7. The Morgan fingerprint density at radius 2 is 2.30 bits per heavy atom. The maximum atomic E-state index is 11.5. The summed E-state index contributed by atoms with van der Waals surface area (Å²) in [6, 6.07) is 0. The maximum absolute atomic E-state index is 11.5. The molecular weight excluding hydrogens is 137 g/mol. The van der Waals surface area contributed by atoms with Crippen molar-refractivity contribution in [3.63, 3.8) is 0 Å². The molecule has 1 N–H and O–H groups in total. The molecule has 0 saturated heterocycles. The number of carbonyl (C=O) groups is 1. The van der Waals surface area contributed by atoms with Gasteiger partial charge in [-0.2, -0.15) is 0 Å². The van der Waals surface area contributed by atoms with Crippen LogP contribution < -0.4 is 0 Å². The van der Waals surface area contributed by atoms with E-state index in [1.165, 1.54) is 0 Å². The molecule has 0 aromatic rings. The van der Waals surface area contributed by atoms with Crippen molar-refractivity contribution in [3.8, 4) is 0 Å². The second kappa shape index (κ2) is 4.90. The van der Waals surface area contributed by atoms with E-state index in [2.05, 4.69) is 4.99 Å². The maximum Gasteiger partial charge on any atom is 0.349 e. The van der Waals surface area contributed by atoms with Gasteiger partial charge in [0.2, 0.25) is 0 Å². The van der Waals surface area contributed by atoms with Gasteiger partial charge in [0.1, 0.15) is 12.4 Å². The lowest BCUT2D eigenvalue weighted by Crippen LogP contribution is -2.12. The molecule has 0 saturated carbocycles. The fraction of sp³-hybridized carbons (Fsp3) is 0.667. The van der Waals surface area contributed by atoms with Crippen molar-refractivity contribution in [1.82, 2.24) is 0 Å². The van der Waals surface area contributed by atoms with Crippen molar-refractivity contribution >= 4 is 11.7 Å². The molecule has 0 amide bonds. The molecule has 0 bridgehead atoms. The quantitative estimate of drug-likeness (QED) is 0.600. The minimum absolute atomic E-state index is 0.0395. The van der Waals surface area contributed by atoms with Gasteiger partial charge in [-0.3, -0.25) is 4.99 Å². The Morgan fingerprint density at radius 1 is 1.70 bits per heavy atom. The zero-order valence-corrected chi connectivity index (χ0v) is 5.80. The zero-order chi connectivity index (χ0) is 7.98. The predicted molar refractivity (Wildman–Crippen MR) is 36.2 cm³/mol. The zero-order valence-electron chi connectivity index (χ0n) is 5.80. The van der Waals surface area contributed by atoms with Gasteiger partial charge in [0, 0.05) is 0 Å². The van der Waals surface area contributed by atoms with Gasteiger partial charge in [-0.1, -0.05) is 6.92 Å². The number of alkyl halides is 1. The van der Waals surface area contributed by atoms with E-state index >= 15 is 0 Å². The van der Waals surface area contributed by atoms with Crippen LogP contribution in [0.4, 0.5) is 4.39 Å². The van der Waals surface area contributed by atoms with E-state index in [9.17, 15) is 9.18 Å². The van der Waals surface area contributed by atoms with Crippen LogP contribution in [-0.4, -0.2) is 30.0 Å². The molecule has 0 aliphatic rings. The van der Waals surface area contributed by atoms with Crippen LogP contribution in [0.3, 0.4) is 0 Å². The monoisotopic (exact) mass is 147 g/mol. The van der Waals surface area contributed by atoms with Crippen molar-refractivity contribution in [3.05, 3.63) is 0 Å². The Bertz CT molecular complexity index is 145. The molecule has 0 unspecified atom stereocenters. The van der Waals surface area contributed by atoms with Crippen molar-refractivity contribution in [2.45, 2.75) is 13.3 Å².